The molecule has 0 aromatic rings. The van der Waals surface area contributed by atoms with Crippen molar-refractivity contribution in [2.75, 3.05) is 6.26 Å². The first-order chi connectivity index (χ1) is 6.79. The van der Waals surface area contributed by atoms with Gasteiger partial charge < -0.3 is 4.18 Å². The summed E-state index contributed by atoms with van der Waals surface area (Å²) in [5, 5.41) is 0. The van der Waals surface area contributed by atoms with Crippen molar-refractivity contribution in [3.8, 4) is 0 Å². The SMILES string of the molecule is CC1CC(F)C(F)C/C1=C/OS(C)(=O)=O. The van der Waals surface area contributed by atoms with E-state index in [1.165, 1.54) is 0 Å². The van der Waals surface area contributed by atoms with Crippen molar-refractivity contribution in [3.63, 3.8) is 0 Å². The highest BCUT2D eigenvalue weighted by molar-refractivity contribution is 7.86. The lowest BCUT2D eigenvalue weighted by atomic mass is 9.84. The Morgan fingerprint density at radius 1 is 1.40 bits per heavy atom. The standard InChI is InChI=1S/C9H14F2O3S/c1-6-3-8(10)9(11)4-7(6)5-14-15(2,12)13/h5-6,8-9H,3-4H2,1-2H3/b7-5-. The van der Waals surface area contributed by atoms with Crippen LogP contribution in [0.2, 0.25) is 0 Å². The lowest BCUT2D eigenvalue weighted by Crippen LogP contribution is -2.28. The summed E-state index contributed by atoms with van der Waals surface area (Å²) in [7, 11) is -3.57. The summed E-state index contributed by atoms with van der Waals surface area (Å²) >= 11 is 0. The molecular formula is C9H14F2O3S. The molecule has 1 aliphatic rings. The molecule has 0 radical (unpaired) electrons. The van der Waals surface area contributed by atoms with Gasteiger partial charge in [0, 0.05) is 6.42 Å². The summed E-state index contributed by atoms with van der Waals surface area (Å²) in [6.07, 6.45) is -1.12. The highest BCUT2D eigenvalue weighted by atomic mass is 32.2. The van der Waals surface area contributed by atoms with Gasteiger partial charge in [0.05, 0.1) is 6.26 Å². The van der Waals surface area contributed by atoms with Crippen LogP contribution in [0.1, 0.15) is 19.8 Å². The van der Waals surface area contributed by atoms with Gasteiger partial charge in [0.25, 0.3) is 0 Å². The Morgan fingerprint density at radius 3 is 2.53 bits per heavy atom. The largest absolute Gasteiger partial charge is 0.391 e. The van der Waals surface area contributed by atoms with Gasteiger partial charge in [-0.1, -0.05) is 6.92 Å². The topological polar surface area (TPSA) is 43.4 Å². The van der Waals surface area contributed by atoms with Crippen LogP contribution in [-0.4, -0.2) is 27.0 Å². The average Bonchev–Trinajstić information content (AvgIpc) is 2.07. The van der Waals surface area contributed by atoms with Gasteiger partial charge in [-0.25, -0.2) is 8.78 Å². The van der Waals surface area contributed by atoms with Crippen LogP contribution in [-0.2, 0) is 14.3 Å². The maximum absolute atomic E-state index is 13.0. The summed E-state index contributed by atoms with van der Waals surface area (Å²) in [4.78, 5) is 0. The van der Waals surface area contributed by atoms with Crippen LogP contribution >= 0.6 is 0 Å². The summed E-state index contributed by atoms with van der Waals surface area (Å²) in [5.74, 6) is -0.186. The van der Waals surface area contributed by atoms with Gasteiger partial charge in [-0.15, -0.1) is 0 Å². The van der Waals surface area contributed by atoms with Crippen LogP contribution < -0.4 is 0 Å². The number of hydrogen-bond donors (Lipinski definition) is 0. The summed E-state index contributed by atoms with van der Waals surface area (Å²) in [6.45, 7) is 1.72. The van der Waals surface area contributed by atoms with Crippen LogP contribution in [0.15, 0.2) is 11.8 Å². The molecule has 0 aliphatic heterocycles. The Balaban J connectivity index is 2.70. The highest BCUT2D eigenvalue weighted by Gasteiger charge is 2.32. The molecular weight excluding hydrogens is 226 g/mol. The van der Waals surface area contributed by atoms with Crippen molar-refractivity contribution >= 4 is 10.1 Å². The molecule has 0 N–H and O–H groups in total. The van der Waals surface area contributed by atoms with Gasteiger partial charge in [0.15, 0.2) is 0 Å². The van der Waals surface area contributed by atoms with E-state index in [1.807, 2.05) is 0 Å². The smallest absolute Gasteiger partial charge is 0.305 e. The summed E-state index contributed by atoms with van der Waals surface area (Å²) < 4.78 is 51.7. The lowest BCUT2D eigenvalue weighted by Gasteiger charge is -2.27. The second-order valence-corrected chi connectivity index (χ2v) is 5.47. The van der Waals surface area contributed by atoms with Gasteiger partial charge in [-0.3, -0.25) is 0 Å². The van der Waals surface area contributed by atoms with Crippen LogP contribution in [0.3, 0.4) is 0 Å². The van der Waals surface area contributed by atoms with Crippen LogP contribution in [0.5, 0.6) is 0 Å². The van der Waals surface area contributed by atoms with Crippen LogP contribution in [0, 0.1) is 5.92 Å². The molecule has 3 atom stereocenters. The minimum atomic E-state index is -3.57. The molecule has 88 valence electrons. The van der Waals surface area contributed by atoms with E-state index in [0.717, 1.165) is 12.5 Å². The number of hydrogen-bond acceptors (Lipinski definition) is 3. The minimum absolute atomic E-state index is 0.0696. The zero-order valence-corrected chi connectivity index (χ0v) is 9.43. The Labute approximate surface area is 88.2 Å². The highest BCUT2D eigenvalue weighted by Crippen LogP contribution is 2.33. The Kier molecular flexibility index (Phi) is 3.70. The van der Waals surface area contributed by atoms with Gasteiger partial charge in [0.1, 0.15) is 18.6 Å². The van der Waals surface area contributed by atoms with E-state index in [4.69, 9.17) is 0 Å². The van der Waals surface area contributed by atoms with Gasteiger partial charge in [-0.05, 0) is 17.9 Å². The summed E-state index contributed by atoms with van der Waals surface area (Å²) in [6, 6.07) is 0. The number of halogens is 2. The molecule has 0 heterocycles. The van der Waals surface area contributed by atoms with E-state index in [0.29, 0.717) is 5.57 Å². The molecule has 0 aromatic carbocycles. The van der Waals surface area contributed by atoms with E-state index in [1.54, 1.807) is 6.92 Å². The molecule has 0 bridgehead atoms. The normalized spacial score (nSPS) is 35.5. The van der Waals surface area contributed by atoms with Crippen LogP contribution in [0.4, 0.5) is 8.78 Å². The van der Waals surface area contributed by atoms with Crippen molar-refractivity contribution in [3.05, 3.63) is 11.8 Å². The first kappa shape index (κ1) is 12.4. The maximum atomic E-state index is 13.0. The Morgan fingerprint density at radius 2 is 2.00 bits per heavy atom. The first-order valence-electron chi connectivity index (χ1n) is 4.65. The van der Waals surface area contributed by atoms with E-state index in [9.17, 15) is 17.2 Å². The molecule has 0 saturated heterocycles. The second-order valence-electron chi connectivity index (χ2n) is 3.87. The fourth-order valence-corrected chi connectivity index (χ4v) is 1.80. The minimum Gasteiger partial charge on any atom is -0.391 e. The third-order valence-corrected chi connectivity index (χ3v) is 2.85. The van der Waals surface area contributed by atoms with Crippen molar-refractivity contribution in [2.24, 2.45) is 5.92 Å². The maximum Gasteiger partial charge on any atom is 0.305 e. The molecule has 0 spiro atoms. The van der Waals surface area contributed by atoms with Crippen LogP contribution in [0.25, 0.3) is 0 Å². The molecule has 15 heavy (non-hydrogen) atoms. The van der Waals surface area contributed by atoms with E-state index in [2.05, 4.69) is 4.18 Å². The van der Waals surface area contributed by atoms with Crippen molar-refractivity contribution in [1.29, 1.82) is 0 Å². The second kappa shape index (κ2) is 4.47. The zero-order chi connectivity index (χ0) is 11.6. The zero-order valence-electron chi connectivity index (χ0n) is 8.61. The molecule has 6 heteroatoms. The van der Waals surface area contributed by atoms with Crippen molar-refractivity contribution in [1.82, 2.24) is 0 Å². The molecule has 0 aromatic heterocycles. The fourth-order valence-electron chi connectivity index (χ4n) is 1.50. The molecule has 1 aliphatic carbocycles. The van der Waals surface area contributed by atoms with Crippen molar-refractivity contribution < 1.29 is 21.4 Å². The third kappa shape index (κ3) is 3.77. The predicted molar refractivity (Wildman–Crippen MR) is 52.2 cm³/mol. The van der Waals surface area contributed by atoms with E-state index in [-0.39, 0.29) is 18.8 Å². The number of allylic oxidation sites excluding steroid dienone is 1. The molecule has 3 unspecified atom stereocenters. The van der Waals surface area contributed by atoms with Crippen molar-refractivity contribution in [2.45, 2.75) is 32.1 Å². The van der Waals surface area contributed by atoms with Gasteiger partial charge >= 0.3 is 10.1 Å². The fraction of sp³-hybridized carbons (Fsp3) is 0.778. The van der Waals surface area contributed by atoms with E-state index >= 15 is 0 Å². The quantitative estimate of drug-likeness (QED) is 0.547. The van der Waals surface area contributed by atoms with Gasteiger partial charge in [0.2, 0.25) is 0 Å². The summed E-state index contributed by atoms with van der Waals surface area (Å²) in [5.41, 5.74) is 0.502. The molecule has 1 saturated carbocycles. The third-order valence-electron chi connectivity index (χ3n) is 2.41. The number of rotatable bonds is 2. The lowest BCUT2D eigenvalue weighted by molar-refractivity contribution is 0.120. The molecule has 1 fully saturated rings. The number of alkyl halides is 2. The Hall–Kier alpha value is -0.650. The first-order valence-corrected chi connectivity index (χ1v) is 6.46. The monoisotopic (exact) mass is 240 g/mol. The van der Waals surface area contributed by atoms with Gasteiger partial charge in [-0.2, -0.15) is 8.42 Å². The molecule has 1 rings (SSSR count). The average molecular weight is 240 g/mol. The van der Waals surface area contributed by atoms with E-state index < -0.39 is 22.5 Å². The Bertz CT molecular complexity index is 350. The molecule has 3 nitrogen and oxygen atoms in total. The molecule has 0 amide bonds. The predicted octanol–water partition coefficient (Wildman–Crippen LogP) is 1.95.